The highest BCUT2D eigenvalue weighted by atomic mass is 16.6. The Morgan fingerprint density at radius 2 is 1.60 bits per heavy atom. The molecule has 2 atom stereocenters. The van der Waals surface area contributed by atoms with Crippen LogP contribution in [0, 0.1) is 5.92 Å². The Balaban J connectivity index is 1.45. The summed E-state index contributed by atoms with van der Waals surface area (Å²) in [6, 6.07) is 24.9. The first-order valence-corrected chi connectivity index (χ1v) is 11.6. The van der Waals surface area contributed by atoms with Crippen LogP contribution in [0.2, 0.25) is 0 Å². The number of hydroxylamine groups is 1. The standard InChI is InChI=1S/C28H30N2O5/c1-33-23-15-14-22(25(17-23)34-2)18-30-24(16-13-20-9-5-3-6-10-20)26(28(30)32)27(31)29-35-19-21-11-7-4-8-12-21/h3-12,14-15,17,24,26H,13,16,18-19H2,1-2H3,(H,29,31). The van der Waals surface area contributed by atoms with E-state index in [4.69, 9.17) is 14.3 Å². The minimum Gasteiger partial charge on any atom is -0.497 e. The third-order valence-corrected chi connectivity index (χ3v) is 6.28. The van der Waals surface area contributed by atoms with Crippen molar-refractivity contribution >= 4 is 11.8 Å². The lowest BCUT2D eigenvalue weighted by atomic mass is 9.82. The maximum atomic E-state index is 13.1. The maximum Gasteiger partial charge on any atom is 0.258 e. The Morgan fingerprint density at radius 1 is 0.914 bits per heavy atom. The number of amides is 2. The van der Waals surface area contributed by atoms with Crippen LogP contribution in [0.3, 0.4) is 0 Å². The fraction of sp³-hybridized carbons (Fsp3) is 0.286. The van der Waals surface area contributed by atoms with Gasteiger partial charge in [-0.25, -0.2) is 5.48 Å². The van der Waals surface area contributed by atoms with E-state index in [1.807, 2.05) is 60.7 Å². The molecule has 2 unspecified atom stereocenters. The molecule has 0 saturated carbocycles. The van der Waals surface area contributed by atoms with Crippen molar-refractivity contribution in [2.75, 3.05) is 14.2 Å². The minimum atomic E-state index is -0.793. The van der Waals surface area contributed by atoms with Crippen molar-refractivity contribution in [1.82, 2.24) is 10.4 Å². The molecule has 7 nitrogen and oxygen atoms in total. The van der Waals surface area contributed by atoms with E-state index in [0.717, 1.165) is 23.1 Å². The van der Waals surface area contributed by atoms with Gasteiger partial charge in [0, 0.05) is 18.2 Å². The lowest BCUT2D eigenvalue weighted by Gasteiger charge is -2.46. The molecular formula is C28H30N2O5. The number of likely N-dealkylation sites (tertiary alicyclic amines) is 1. The van der Waals surface area contributed by atoms with E-state index >= 15 is 0 Å². The number of ether oxygens (including phenoxy) is 2. The summed E-state index contributed by atoms with van der Waals surface area (Å²) in [4.78, 5) is 33.2. The molecule has 3 aromatic carbocycles. The van der Waals surface area contributed by atoms with Gasteiger partial charge in [-0.05, 0) is 36.1 Å². The summed E-state index contributed by atoms with van der Waals surface area (Å²) in [7, 11) is 3.18. The summed E-state index contributed by atoms with van der Waals surface area (Å²) in [6.07, 6.45) is 1.41. The first-order valence-electron chi connectivity index (χ1n) is 11.6. The molecule has 2 amide bonds. The van der Waals surface area contributed by atoms with Gasteiger partial charge in [0.15, 0.2) is 0 Å². The van der Waals surface area contributed by atoms with Crippen molar-refractivity contribution < 1.29 is 23.9 Å². The number of rotatable bonds is 11. The van der Waals surface area contributed by atoms with Crippen LogP contribution in [0.5, 0.6) is 11.5 Å². The summed E-state index contributed by atoms with van der Waals surface area (Å²) in [6.45, 7) is 0.578. The Hall–Kier alpha value is -3.84. The average molecular weight is 475 g/mol. The van der Waals surface area contributed by atoms with Crippen LogP contribution in [-0.2, 0) is 34.0 Å². The highest BCUT2D eigenvalue weighted by Crippen LogP contribution is 2.35. The number of aryl methyl sites for hydroxylation is 1. The molecule has 4 rings (SSSR count). The number of nitrogens with zero attached hydrogens (tertiary/aromatic N) is 1. The van der Waals surface area contributed by atoms with Crippen LogP contribution >= 0.6 is 0 Å². The lowest BCUT2D eigenvalue weighted by Crippen LogP contribution is -2.65. The second-order valence-corrected chi connectivity index (χ2v) is 8.45. The number of carbonyl (C=O) groups is 2. The molecule has 0 aliphatic carbocycles. The molecule has 1 heterocycles. The van der Waals surface area contributed by atoms with E-state index in [1.165, 1.54) is 0 Å². The Kier molecular flexibility index (Phi) is 8.00. The van der Waals surface area contributed by atoms with Crippen molar-refractivity contribution in [2.24, 2.45) is 5.92 Å². The van der Waals surface area contributed by atoms with Crippen molar-refractivity contribution in [3.8, 4) is 11.5 Å². The zero-order chi connectivity index (χ0) is 24.6. The van der Waals surface area contributed by atoms with Crippen LogP contribution in [0.25, 0.3) is 0 Å². The highest BCUT2D eigenvalue weighted by molar-refractivity contribution is 6.05. The third-order valence-electron chi connectivity index (χ3n) is 6.28. The number of β-lactam (4-membered cyclic amide) rings is 1. The SMILES string of the molecule is COc1ccc(CN2C(=O)C(C(=O)NOCc3ccccc3)C2CCc2ccccc2)c(OC)c1. The van der Waals surface area contributed by atoms with E-state index in [9.17, 15) is 9.59 Å². The molecule has 0 aromatic heterocycles. The van der Waals surface area contributed by atoms with Gasteiger partial charge >= 0.3 is 0 Å². The molecule has 0 bridgehead atoms. The summed E-state index contributed by atoms with van der Waals surface area (Å²) in [5.74, 6) is -0.116. The zero-order valence-corrected chi connectivity index (χ0v) is 20.0. The van der Waals surface area contributed by atoms with E-state index in [1.54, 1.807) is 25.2 Å². The second kappa shape index (κ2) is 11.5. The van der Waals surface area contributed by atoms with Gasteiger partial charge in [-0.2, -0.15) is 0 Å². The molecule has 1 aliphatic heterocycles. The Labute approximate surface area is 205 Å². The smallest absolute Gasteiger partial charge is 0.258 e. The van der Waals surface area contributed by atoms with Crippen LogP contribution < -0.4 is 15.0 Å². The first kappa shape index (κ1) is 24.3. The average Bonchev–Trinajstić information content (AvgIpc) is 2.90. The number of hydrogen-bond acceptors (Lipinski definition) is 5. The number of nitrogens with one attached hydrogen (secondary N) is 1. The fourth-order valence-electron chi connectivity index (χ4n) is 4.36. The first-order chi connectivity index (χ1) is 17.1. The van der Waals surface area contributed by atoms with Crippen molar-refractivity contribution in [1.29, 1.82) is 0 Å². The highest BCUT2D eigenvalue weighted by Gasteiger charge is 2.51. The second-order valence-electron chi connectivity index (χ2n) is 8.45. The van der Waals surface area contributed by atoms with Crippen LogP contribution in [0.4, 0.5) is 0 Å². The monoisotopic (exact) mass is 474 g/mol. The molecule has 0 radical (unpaired) electrons. The molecule has 3 aromatic rings. The molecule has 182 valence electrons. The molecule has 7 heteroatoms. The summed E-state index contributed by atoms with van der Waals surface area (Å²) < 4.78 is 10.8. The molecule has 1 fully saturated rings. The van der Waals surface area contributed by atoms with Gasteiger partial charge in [0.05, 0.1) is 26.9 Å². The lowest BCUT2D eigenvalue weighted by molar-refractivity contribution is -0.168. The normalized spacial score (nSPS) is 17.0. The summed E-state index contributed by atoms with van der Waals surface area (Å²) in [5.41, 5.74) is 5.43. The Bertz CT molecular complexity index is 1140. The predicted octanol–water partition coefficient (Wildman–Crippen LogP) is 3.91. The van der Waals surface area contributed by atoms with E-state index < -0.39 is 11.8 Å². The zero-order valence-electron chi connectivity index (χ0n) is 20.0. The van der Waals surface area contributed by atoms with Crippen molar-refractivity contribution in [3.63, 3.8) is 0 Å². The van der Waals surface area contributed by atoms with Gasteiger partial charge in [0.2, 0.25) is 5.91 Å². The van der Waals surface area contributed by atoms with Crippen molar-refractivity contribution in [3.05, 3.63) is 95.6 Å². The van der Waals surface area contributed by atoms with Gasteiger partial charge in [0.25, 0.3) is 5.91 Å². The molecule has 1 aliphatic rings. The Morgan fingerprint density at radius 3 is 2.26 bits per heavy atom. The molecular weight excluding hydrogens is 444 g/mol. The van der Waals surface area contributed by atoms with Gasteiger partial charge in [-0.3, -0.25) is 14.4 Å². The van der Waals surface area contributed by atoms with E-state index in [0.29, 0.717) is 24.5 Å². The summed E-state index contributed by atoms with van der Waals surface area (Å²) >= 11 is 0. The minimum absolute atomic E-state index is 0.221. The van der Waals surface area contributed by atoms with Crippen molar-refractivity contribution in [2.45, 2.75) is 32.0 Å². The summed E-state index contributed by atoms with van der Waals surface area (Å²) in [5, 5.41) is 0. The molecule has 1 N–H and O–H groups in total. The maximum absolute atomic E-state index is 13.1. The predicted molar refractivity (Wildman–Crippen MR) is 132 cm³/mol. The van der Waals surface area contributed by atoms with Crippen LogP contribution in [-0.4, -0.2) is 37.0 Å². The fourth-order valence-corrected chi connectivity index (χ4v) is 4.36. The van der Waals surface area contributed by atoms with E-state index in [-0.39, 0.29) is 18.6 Å². The van der Waals surface area contributed by atoms with E-state index in [2.05, 4.69) is 17.6 Å². The number of benzene rings is 3. The quantitative estimate of drug-likeness (QED) is 0.259. The van der Waals surface area contributed by atoms with Gasteiger partial charge < -0.3 is 14.4 Å². The van der Waals surface area contributed by atoms with Crippen LogP contribution in [0.1, 0.15) is 23.1 Å². The number of carbonyl (C=O) groups excluding carboxylic acids is 2. The van der Waals surface area contributed by atoms with Gasteiger partial charge in [0.1, 0.15) is 17.4 Å². The molecule has 1 saturated heterocycles. The number of hydrogen-bond donors (Lipinski definition) is 1. The molecule has 0 spiro atoms. The largest absolute Gasteiger partial charge is 0.497 e. The van der Waals surface area contributed by atoms with Gasteiger partial charge in [-0.15, -0.1) is 0 Å². The number of methoxy groups -OCH3 is 2. The molecule has 35 heavy (non-hydrogen) atoms. The van der Waals surface area contributed by atoms with Gasteiger partial charge in [-0.1, -0.05) is 60.7 Å². The van der Waals surface area contributed by atoms with Crippen LogP contribution in [0.15, 0.2) is 78.9 Å². The third kappa shape index (κ3) is 5.81. The topological polar surface area (TPSA) is 77.1 Å².